The first-order valence-corrected chi connectivity index (χ1v) is 10.2. The highest BCUT2D eigenvalue weighted by Crippen LogP contribution is 2.33. The molecule has 3 N–H and O–H groups in total. The van der Waals surface area contributed by atoms with Crippen LogP contribution in [0.1, 0.15) is 33.6 Å². The highest BCUT2D eigenvalue weighted by molar-refractivity contribution is 5.92. The molecule has 34 heavy (non-hydrogen) atoms. The van der Waals surface area contributed by atoms with Crippen LogP contribution >= 0.6 is 0 Å². The molecule has 0 aliphatic carbocycles. The Labute approximate surface area is 193 Å². The lowest BCUT2D eigenvalue weighted by atomic mass is 10.1. The number of nitrogens with zero attached hydrogens (tertiary/aromatic N) is 2. The molecule has 176 valence electrons. The number of anilines is 1. The number of halogens is 3. The van der Waals surface area contributed by atoms with Gasteiger partial charge in [-0.25, -0.2) is 0 Å². The lowest BCUT2D eigenvalue weighted by molar-refractivity contribution is -0.137. The summed E-state index contributed by atoms with van der Waals surface area (Å²) >= 11 is 0. The van der Waals surface area contributed by atoms with Crippen LogP contribution in [0.5, 0.6) is 11.5 Å². The van der Waals surface area contributed by atoms with Gasteiger partial charge < -0.3 is 20.5 Å². The van der Waals surface area contributed by atoms with Crippen molar-refractivity contribution < 1.29 is 27.8 Å². The minimum Gasteiger partial charge on any atom is -0.457 e. The molecular formula is C24H21F3N4O3. The van der Waals surface area contributed by atoms with Crippen molar-refractivity contribution in [1.82, 2.24) is 10.3 Å². The molecule has 3 rings (SSSR count). The molecular weight excluding hydrogens is 449 g/mol. The number of ether oxygens (including phenoxy) is 1. The first-order valence-electron chi connectivity index (χ1n) is 10.2. The smallest absolute Gasteiger partial charge is 0.417 e. The molecule has 1 heterocycles. The van der Waals surface area contributed by atoms with Crippen molar-refractivity contribution >= 4 is 11.6 Å². The van der Waals surface area contributed by atoms with E-state index in [-0.39, 0.29) is 23.7 Å². The summed E-state index contributed by atoms with van der Waals surface area (Å²) < 4.78 is 45.2. The number of aryl methyl sites for hydroxylation is 1. The number of aromatic nitrogens is 1. The Bertz CT molecular complexity index is 1210. The predicted molar refractivity (Wildman–Crippen MR) is 118 cm³/mol. The second-order valence-corrected chi connectivity index (χ2v) is 7.27. The Hall–Kier alpha value is -4.10. The van der Waals surface area contributed by atoms with Crippen LogP contribution in [0.3, 0.4) is 0 Å². The van der Waals surface area contributed by atoms with Crippen LogP contribution in [0.2, 0.25) is 0 Å². The SMILES string of the molecule is CNC(=O)c1cc(Oc2cccc(CCC(O)Nc3ccc(C#N)c(C(F)(F)F)c3)c2)ccn1. The summed E-state index contributed by atoms with van der Waals surface area (Å²) in [7, 11) is 1.50. The molecule has 1 aromatic heterocycles. The zero-order valence-electron chi connectivity index (χ0n) is 18.1. The Balaban J connectivity index is 1.62. The third-order valence-corrected chi connectivity index (χ3v) is 4.81. The van der Waals surface area contributed by atoms with Gasteiger partial charge in [0.1, 0.15) is 23.4 Å². The Morgan fingerprint density at radius 3 is 2.65 bits per heavy atom. The van der Waals surface area contributed by atoms with Gasteiger partial charge in [0, 0.05) is 25.0 Å². The molecule has 1 amide bonds. The van der Waals surface area contributed by atoms with Gasteiger partial charge >= 0.3 is 6.18 Å². The van der Waals surface area contributed by atoms with Crippen LogP contribution in [0.25, 0.3) is 0 Å². The number of hydrogen-bond donors (Lipinski definition) is 3. The summed E-state index contributed by atoms with van der Waals surface area (Å²) in [6.07, 6.45) is -3.72. The molecule has 0 aliphatic heterocycles. The van der Waals surface area contributed by atoms with Crippen LogP contribution in [0.15, 0.2) is 60.8 Å². The average Bonchev–Trinajstić information content (AvgIpc) is 2.82. The topological polar surface area (TPSA) is 107 Å². The normalized spacial score (nSPS) is 11.9. The number of amides is 1. The molecule has 0 bridgehead atoms. The van der Waals surface area contributed by atoms with Gasteiger partial charge in [0.15, 0.2) is 0 Å². The molecule has 0 saturated carbocycles. The van der Waals surface area contributed by atoms with E-state index in [9.17, 15) is 23.1 Å². The van der Waals surface area contributed by atoms with Gasteiger partial charge in [-0.15, -0.1) is 0 Å². The third kappa shape index (κ3) is 6.46. The molecule has 10 heteroatoms. The van der Waals surface area contributed by atoms with Crippen LogP contribution < -0.4 is 15.4 Å². The summed E-state index contributed by atoms with van der Waals surface area (Å²) in [6, 6.07) is 14.9. The van der Waals surface area contributed by atoms with Gasteiger partial charge in [-0.1, -0.05) is 12.1 Å². The lowest BCUT2D eigenvalue weighted by Crippen LogP contribution is -2.20. The maximum absolute atomic E-state index is 13.1. The highest BCUT2D eigenvalue weighted by Gasteiger charge is 2.34. The first-order chi connectivity index (χ1) is 16.2. The molecule has 7 nitrogen and oxygen atoms in total. The third-order valence-electron chi connectivity index (χ3n) is 4.81. The second-order valence-electron chi connectivity index (χ2n) is 7.27. The fourth-order valence-electron chi connectivity index (χ4n) is 3.16. The average molecular weight is 470 g/mol. The zero-order chi connectivity index (χ0) is 24.7. The molecule has 0 spiro atoms. The maximum Gasteiger partial charge on any atom is 0.417 e. The molecule has 0 fully saturated rings. The zero-order valence-corrected chi connectivity index (χ0v) is 18.1. The summed E-state index contributed by atoms with van der Waals surface area (Å²) in [6.45, 7) is 0. The lowest BCUT2D eigenvalue weighted by Gasteiger charge is -2.16. The van der Waals surface area contributed by atoms with E-state index >= 15 is 0 Å². The van der Waals surface area contributed by atoms with Crippen molar-refractivity contribution in [2.45, 2.75) is 25.2 Å². The van der Waals surface area contributed by atoms with E-state index in [1.54, 1.807) is 24.3 Å². The monoisotopic (exact) mass is 470 g/mol. The van der Waals surface area contributed by atoms with Gasteiger partial charge in [0.2, 0.25) is 0 Å². The van der Waals surface area contributed by atoms with Crippen LogP contribution in [0.4, 0.5) is 18.9 Å². The minimum atomic E-state index is -4.68. The number of carbonyl (C=O) groups excluding carboxylic acids is 1. The van der Waals surface area contributed by atoms with Crippen molar-refractivity contribution in [3.63, 3.8) is 0 Å². The fraction of sp³-hybridized carbons (Fsp3) is 0.208. The van der Waals surface area contributed by atoms with E-state index < -0.39 is 23.5 Å². The summed E-state index contributed by atoms with van der Waals surface area (Å²) in [5.74, 6) is 0.593. The Morgan fingerprint density at radius 1 is 1.18 bits per heavy atom. The van der Waals surface area contributed by atoms with E-state index in [1.807, 2.05) is 6.07 Å². The maximum atomic E-state index is 13.1. The van der Waals surface area contributed by atoms with E-state index in [0.29, 0.717) is 17.9 Å². The van der Waals surface area contributed by atoms with Gasteiger partial charge in [0.25, 0.3) is 5.91 Å². The highest BCUT2D eigenvalue weighted by atomic mass is 19.4. The second kappa shape index (κ2) is 10.7. The number of pyridine rings is 1. The number of nitrogens with one attached hydrogen (secondary N) is 2. The predicted octanol–water partition coefficient (Wildman–Crippen LogP) is 4.49. The van der Waals surface area contributed by atoms with Crippen LogP contribution in [-0.2, 0) is 12.6 Å². The number of hydrogen-bond acceptors (Lipinski definition) is 6. The van der Waals surface area contributed by atoms with Crippen LogP contribution in [-0.4, -0.2) is 29.3 Å². The van der Waals surface area contributed by atoms with E-state index in [4.69, 9.17) is 10.00 Å². The van der Waals surface area contributed by atoms with E-state index in [1.165, 1.54) is 31.4 Å². The van der Waals surface area contributed by atoms with Gasteiger partial charge in [0.05, 0.1) is 17.2 Å². The van der Waals surface area contributed by atoms with Crippen LogP contribution in [0, 0.1) is 11.3 Å². The first kappa shape index (κ1) is 24.5. The molecule has 1 atom stereocenters. The molecule has 0 saturated heterocycles. The largest absolute Gasteiger partial charge is 0.457 e. The number of carbonyl (C=O) groups is 1. The number of aliphatic hydroxyl groups is 1. The molecule has 3 aromatic rings. The number of benzene rings is 2. The summed E-state index contributed by atoms with van der Waals surface area (Å²) in [5.41, 5.74) is -0.453. The van der Waals surface area contributed by atoms with Gasteiger partial charge in [-0.05, 0) is 54.8 Å². The van der Waals surface area contributed by atoms with Gasteiger partial charge in [-0.3, -0.25) is 9.78 Å². The quantitative estimate of drug-likeness (QED) is 0.419. The fourth-order valence-corrected chi connectivity index (χ4v) is 3.16. The standard InChI is InChI=1S/C24H21F3N4O3/c1-29-23(33)21-13-19(9-10-30-21)34-18-4-2-3-15(11-18)5-8-22(32)31-17-7-6-16(14-28)20(12-17)24(25,26)27/h2-4,6-7,9-13,22,31-32H,5,8H2,1H3,(H,29,33). The van der Waals surface area contributed by atoms with E-state index in [0.717, 1.165) is 17.7 Å². The minimum absolute atomic E-state index is 0.0560. The van der Waals surface area contributed by atoms with E-state index in [2.05, 4.69) is 15.6 Å². The van der Waals surface area contributed by atoms with Crippen molar-refractivity contribution in [1.29, 1.82) is 5.26 Å². The number of alkyl halides is 3. The van der Waals surface area contributed by atoms with Crippen molar-refractivity contribution in [3.8, 4) is 17.6 Å². The number of nitriles is 1. The molecule has 2 aromatic carbocycles. The summed E-state index contributed by atoms with van der Waals surface area (Å²) in [5, 5.41) is 24.2. The molecule has 0 aliphatic rings. The Morgan fingerprint density at radius 2 is 1.94 bits per heavy atom. The van der Waals surface area contributed by atoms with Gasteiger partial charge in [-0.2, -0.15) is 18.4 Å². The van der Waals surface area contributed by atoms with Crippen molar-refractivity contribution in [2.24, 2.45) is 0 Å². The van der Waals surface area contributed by atoms with Crippen molar-refractivity contribution in [2.75, 3.05) is 12.4 Å². The molecule has 1 unspecified atom stereocenters. The van der Waals surface area contributed by atoms with Crippen molar-refractivity contribution in [3.05, 3.63) is 83.2 Å². The molecule has 0 radical (unpaired) electrons. The number of aliphatic hydroxyl groups excluding tert-OH is 1. The summed E-state index contributed by atoms with van der Waals surface area (Å²) in [4.78, 5) is 15.7. The Kier molecular flexibility index (Phi) is 7.71. The number of rotatable bonds is 8.